The zero-order chi connectivity index (χ0) is 17.5. The molecular formula is C18H11F3O3. The molecule has 0 unspecified atom stereocenters. The minimum absolute atomic E-state index is 0.225. The molecule has 3 aromatic rings. The Morgan fingerprint density at radius 3 is 2.21 bits per heavy atom. The molecule has 3 rings (SSSR count). The number of phenols is 1. The van der Waals surface area contributed by atoms with Crippen molar-refractivity contribution < 1.29 is 28.2 Å². The summed E-state index contributed by atoms with van der Waals surface area (Å²) in [5.41, 5.74) is -0.648. The summed E-state index contributed by atoms with van der Waals surface area (Å²) in [6.45, 7) is 0. The summed E-state index contributed by atoms with van der Waals surface area (Å²) < 4.78 is 38.8. The summed E-state index contributed by atoms with van der Waals surface area (Å²) >= 11 is 0. The number of fused-ring (bicyclic) bond motifs is 1. The molecule has 0 saturated heterocycles. The van der Waals surface area contributed by atoms with Crippen LogP contribution >= 0.6 is 0 Å². The highest BCUT2D eigenvalue weighted by molar-refractivity contribution is 6.07. The fraction of sp³-hybridized carbons (Fsp3) is 0.0556. The second kappa shape index (κ2) is 5.56. The molecule has 0 fully saturated rings. The first-order chi connectivity index (χ1) is 11.3. The van der Waals surface area contributed by atoms with Crippen LogP contribution in [0.2, 0.25) is 0 Å². The lowest BCUT2D eigenvalue weighted by molar-refractivity contribution is -0.137. The Hall–Kier alpha value is -3.02. The molecule has 0 spiro atoms. The molecule has 2 N–H and O–H groups in total. The van der Waals surface area contributed by atoms with Crippen molar-refractivity contribution in [3.05, 3.63) is 65.7 Å². The minimum atomic E-state index is -4.50. The third-order valence-corrected chi connectivity index (χ3v) is 3.75. The lowest BCUT2D eigenvalue weighted by Gasteiger charge is -2.13. The molecule has 3 aromatic carbocycles. The number of aromatic hydroxyl groups is 1. The molecule has 3 nitrogen and oxygen atoms in total. The highest BCUT2D eigenvalue weighted by Crippen LogP contribution is 2.39. The summed E-state index contributed by atoms with van der Waals surface area (Å²) in [4.78, 5) is 11.3. The molecule has 0 radical (unpaired) electrons. The van der Waals surface area contributed by atoms with Gasteiger partial charge in [-0.1, -0.05) is 36.4 Å². The van der Waals surface area contributed by atoms with Gasteiger partial charge in [0.2, 0.25) is 0 Å². The lowest BCUT2D eigenvalue weighted by atomic mass is 9.93. The van der Waals surface area contributed by atoms with Crippen LogP contribution in [0.4, 0.5) is 13.2 Å². The van der Waals surface area contributed by atoms with Gasteiger partial charge >= 0.3 is 12.1 Å². The molecular weight excluding hydrogens is 321 g/mol. The van der Waals surface area contributed by atoms with Gasteiger partial charge in [0.05, 0.1) is 5.56 Å². The Balaban J connectivity index is 2.34. The van der Waals surface area contributed by atoms with E-state index < -0.39 is 23.5 Å². The Morgan fingerprint density at radius 1 is 0.917 bits per heavy atom. The van der Waals surface area contributed by atoms with E-state index in [1.807, 2.05) is 0 Å². The maximum atomic E-state index is 12.9. The third-order valence-electron chi connectivity index (χ3n) is 3.75. The smallest absolute Gasteiger partial charge is 0.416 e. The van der Waals surface area contributed by atoms with E-state index in [1.165, 1.54) is 24.3 Å². The van der Waals surface area contributed by atoms with Crippen molar-refractivity contribution in [2.45, 2.75) is 6.18 Å². The van der Waals surface area contributed by atoms with E-state index in [4.69, 9.17) is 0 Å². The van der Waals surface area contributed by atoms with E-state index in [-0.39, 0.29) is 16.5 Å². The van der Waals surface area contributed by atoms with Crippen LogP contribution in [-0.4, -0.2) is 16.2 Å². The standard InChI is InChI=1S/C18H11F3O3/c19-18(20,21)11-5-3-4-10(8-11)14-9-15(17(23)24)16(22)13-7-2-1-6-12(13)14/h1-9,22H,(H,23,24). The summed E-state index contributed by atoms with van der Waals surface area (Å²) in [6.07, 6.45) is -4.50. The molecule has 0 atom stereocenters. The topological polar surface area (TPSA) is 57.5 Å². The average Bonchev–Trinajstić information content (AvgIpc) is 2.54. The highest BCUT2D eigenvalue weighted by atomic mass is 19.4. The van der Waals surface area contributed by atoms with Crippen LogP contribution in [0.25, 0.3) is 21.9 Å². The number of carbonyl (C=O) groups is 1. The quantitative estimate of drug-likeness (QED) is 0.699. The van der Waals surface area contributed by atoms with E-state index in [9.17, 15) is 28.2 Å². The van der Waals surface area contributed by atoms with Gasteiger partial charge in [-0.05, 0) is 34.7 Å². The molecule has 6 heteroatoms. The second-order valence-electron chi connectivity index (χ2n) is 5.25. The maximum absolute atomic E-state index is 12.9. The number of rotatable bonds is 2. The number of carboxylic acid groups (broad SMARTS) is 1. The van der Waals surface area contributed by atoms with E-state index >= 15 is 0 Å². The van der Waals surface area contributed by atoms with Gasteiger partial charge in [0.1, 0.15) is 11.3 Å². The predicted molar refractivity (Wildman–Crippen MR) is 83.0 cm³/mol. The molecule has 0 amide bonds. The fourth-order valence-corrected chi connectivity index (χ4v) is 2.62. The van der Waals surface area contributed by atoms with Gasteiger partial charge in [0.25, 0.3) is 0 Å². The highest BCUT2D eigenvalue weighted by Gasteiger charge is 2.30. The maximum Gasteiger partial charge on any atom is 0.416 e. The average molecular weight is 332 g/mol. The molecule has 0 bridgehead atoms. The Morgan fingerprint density at radius 2 is 1.58 bits per heavy atom. The molecule has 0 aliphatic heterocycles. The van der Waals surface area contributed by atoms with Gasteiger partial charge in [0.15, 0.2) is 0 Å². The largest absolute Gasteiger partial charge is 0.506 e. The van der Waals surface area contributed by atoms with Gasteiger partial charge in [-0.25, -0.2) is 4.79 Å². The Kier molecular flexibility index (Phi) is 3.67. The van der Waals surface area contributed by atoms with E-state index in [2.05, 4.69) is 0 Å². The van der Waals surface area contributed by atoms with Crippen LogP contribution in [0.5, 0.6) is 5.75 Å². The summed E-state index contributed by atoms with van der Waals surface area (Å²) in [7, 11) is 0. The molecule has 122 valence electrons. The number of hydrogen-bond acceptors (Lipinski definition) is 2. The van der Waals surface area contributed by atoms with Crippen molar-refractivity contribution in [1.82, 2.24) is 0 Å². The first kappa shape index (κ1) is 15.9. The van der Waals surface area contributed by atoms with Gasteiger partial charge < -0.3 is 10.2 Å². The van der Waals surface area contributed by atoms with E-state index in [1.54, 1.807) is 18.2 Å². The fourth-order valence-electron chi connectivity index (χ4n) is 2.62. The number of hydrogen-bond donors (Lipinski definition) is 2. The van der Waals surface area contributed by atoms with E-state index in [0.29, 0.717) is 10.9 Å². The van der Waals surface area contributed by atoms with E-state index in [0.717, 1.165) is 12.1 Å². The Labute approximate surface area is 134 Å². The van der Waals surface area contributed by atoms with Crippen molar-refractivity contribution in [3.63, 3.8) is 0 Å². The van der Waals surface area contributed by atoms with Crippen molar-refractivity contribution in [2.75, 3.05) is 0 Å². The van der Waals surface area contributed by atoms with Gasteiger partial charge in [0, 0.05) is 5.39 Å². The minimum Gasteiger partial charge on any atom is -0.506 e. The molecule has 0 aliphatic rings. The van der Waals surface area contributed by atoms with Crippen LogP contribution in [-0.2, 0) is 6.18 Å². The first-order valence-electron chi connectivity index (χ1n) is 6.94. The van der Waals surface area contributed by atoms with Gasteiger partial charge in [-0.2, -0.15) is 13.2 Å². The third kappa shape index (κ3) is 2.67. The predicted octanol–water partition coefficient (Wildman–Crippen LogP) is 4.93. The number of benzene rings is 3. The molecule has 0 aromatic heterocycles. The van der Waals surface area contributed by atoms with Gasteiger partial charge in [-0.3, -0.25) is 0 Å². The normalized spacial score (nSPS) is 11.6. The molecule has 0 aliphatic carbocycles. The summed E-state index contributed by atoms with van der Waals surface area (Å²) in [5.74, 6) is -1.76. The van der Waals surface area contributed by atoms with Crippen molar-refractivity contribution in [2.24, 2.45) is 0 Å². The SMILES string of the molecule is O=C(O)c1cc(-c2cccc(C(F)(F)F)c2)c2ccccc2c1O. The summed E-state index contributed by atoms with van der Waals surface area (Å²) in [6, 6.07) is 12.3. The molecule has 0 heterocycles. The van der Waals surface area contributed by atoms with Crippen LogP contribution in [0.15, 0.2) is 54.6 Å². The second-order valence-corrected chi connectivity index (χ2v) is 5.25. The van der Waals surface area contributed by atoms with Crippen molar-refractivity contribution >= 4 is 16.7 Å². The zero-order valence-corrected chi connectivity index (χ0v) is 12.1. The number of alkyl halides is 3. The monoisotopic (exact) mass is 332 g/mol. The first-order valence-corrected chi connectivity index (χ1v) is 6.94. The number of halogens is 3. The Bertz CT molecular complexity index is 946. The zero-order valence-electron chi connectivity index (χ0n) is 12.1. The van der Waals surface area contributed by atoms with Crippen molar-refractivity contribution in [1.29, 1.82) is 0 Å². The number of aromatic carboxylic acids is 1. The van der Waals surface area contributed by atoms with Crippen LogP contribution in [0, 0.1) is 0 Å². The van der Waals surface area contributed by atoms with Gasteiger partial charge in [-0.15, -0.1) is 0 Å². The van der Waals surface area contributed by atoms with Crippen LogP contribution < -0.4 is 0 Å². The molecule has 0 saturated carbocycles. The molecule has 24 heavy (non-hydrogen) atoms. The number of carboxylic acids is 1. The van der Waals surface area contributed by atoms with Crippen molar-refractivity contribution in [3.8, 4) is 16.9 Å². The lowest BCUT2D eigenvalue weighted by Crippen LogP contribution is -2.04. The summed E-state index contributed by atoms with van der Waals surface area (Å²) in [5, 5.41) is 20.1. The van der Waals surface area contributed by atoms with Crippen LogP contribution in [0.3, 0.4) is 0 Å². The van der Waals surface area contributed by atoms with Crippen LogP contribution in [0.1, 0.15) is 15.9 Å².